The third-order valence-electron chi connectivity index (χ3n) is 4.47. The molecule has 1 aromatic rings. The number of ether oxygens (including phenoxy) is 1. The zero-order chi connectivity index (χ0) is 17.5. The Labute approximate surface area is 149 Å². The maximum absolute atomic E-state index is 6.07. The largest absolute Gasteiger partial charge is 0.499 e. The third kappa shape index (κ3) is 4.69. The molecule has 1 saturated heterocycles. The van der Waals surface area contributed by atoms with Crippen LogP contribution in [0.15, 0.2) is 10.8 Å². The summed E-state index contributed by atoms with van der Waals surface area (Å²) in [6.07, 6.45) is 1.93. The summed E-state index contributed by atoms with van der Waals surface area (Å²) in [6, 6.07) is 1.15. The summed E-state index contributed by atoms with van der Waals surface area (Å²) < 4.78 is 20.4. The lowest BCUT2D eigenvalue weighted by Crippen LogP contribution is -2.41. The fourth-order valence-electron chi connectivity index (χ4n) is 2.14. The molecule has 2 heterocycles. The smallest absolute Gasteiger partial charge is 0.399 e. The van der Waals surface area contributed by atoms with E-state index in [1.165, 1.54) is 0 Å². The van der Waals surface area contributed by atoms with Crippen LogP contribution in [0.3, 0.4) is 0 Å². The van der Waals surface area contributed by atoms with Crippen LogP contribution in [0.4, 0.5) is 0 Å². The van der Waals surface area contributed by atoms with Gasteiger partial charge in [0.15, 0.2) is 0 Å². The molecule has 2 rings (SSSR count). The second-order valence-corrected chi connectivity index (χ2v) is 14.7. The van der Waals surface area contributed by atoms with E-state index >= 15 is 0 Å². The molecule has 0 saturated carbocycles. The Morgan fingerprint density at radius 3 is 2.30 bits per heavy atom. The lowest BCUT2D eigenvalue weighted by atomic mass is 9.82. The quantitative estimate of drug-likeness (QED) is 0.541. The minimum Gasteiger partial charge on any atom is -0.399 e. The molecular formula is C15H28BBrN2O3Si. The van der Waals surface area contributed by atoms with Crippen LogP contribution in [0.1, 0.15) is 27.7 Å². The fraction of sp³-hybridized carbons (Fsp3) is 0.800. The van der Waals surface area contributed by atoms with E-state index < -0.39 is 15.2 Å². The maximum atomic E-state index is 6.07. The number of halogens is 1. The van der Waals surface area contributed by atoms with Crippen molar-refractivity contribution in [1.29, 1.82) is 0 Å². The van der Waals surface area contributed by atoms with Crippen molar-refractivity contribution >= 4 is 36.6 Å². The van der Waals surface area contributed by atoms with Gasteiger partial charge in [-0.1, -0.05) is 19.6 Å². The van der Waals surface area contributed by atoms with Crippen LogP contribution in [0.5, 0.6) is 0 Å². The van der Waals surface area contributed by atoms with E-state index in [0.29, 0.717) is 6.73 Å². The number of hydrogen-bond donors (Lipinski definition) is 0. The predicted octanol–water partition coefficient (Wildman–Crippen LogP) is 3.26. The Bertz CT molecular complexity index is 541. The molecule has 1 aliphatic rings. The average molecular weight is 403 g/mol. The van der Waals surface area contributed by atoms with Gasteiger partial charge in [0.05, 0.1) is 11.2 Å². The van der Waals surface area contributed by atoms with Crippen LogP contribution < -0.4 is 5.46 Å². The summed E-state index contributed by atoms with van der Waals surface area (Å²) in [5.74, 6) is 0. The molecule has 130 valence electrons. The highest BCUT2D eigenvalue weighted by Gasteiger charge is 2.52. The fourth-order valence-corrected chi connectivity index (χ4v) is 3.39. The van der Waals surface area contributed by atoms with Gasteiger partial charge in [-0.15, -0.1) is 0 Å². The summed E-state index contributed by atoms with van der Waals surface area (Å²) >= 11 is 3.50. The van der Waals surface area contributed by atoms with Crippen molar-refractivity contribution < 1.29 is 14.0 Å². The van der Waals surface area contributed by atoms with E-state index in [1.54, 1.807) is 4.68 Å². The van der Waals surface area contributed by atoms with Gasteiger partial charge in [-0.3, -0.25) is 0 Å². The van der Waals surface area contributed by atoms with Gasteiger partial charge in [-0.25, -0.2) is 4.68 Å². The van der Waals surface area contributed by atoms with Gasteiger partial charge in [0.2, 0.25) is 0 Å². The van der Waals surface area contributed by atoms with Gasteiger partial charge >= 0.3 is 7.12 Å². The van der Waals surface area contributed by atoms with Gasteiger partial charge in [0, 0.05) is 26.3 Å². The molecule has 0 aromatic carbocycles. The Balaban J connectivity index is 1.97. The van der Waals surface area contributed by atoms with Crippen LogP contribution in [-0.4, -0.2) is 42.8 Å². The standard InChI is InChI=1S/C15H28BBrN2O3Si/c1-14(2)15(3,4)22-16(21-14)12-10-19(18-13(12)17)11-20-8-9-23(5,6)7/h10H,8-9,11H2,1-7H3. The van der Waals surface area contributed by atoms with Crippen molar-refractivity contribution in [1.82, 2.24) is 9.78 Å². The van der Waals surface area contributed by atoms with E-state index in [9.17, 15) is 0 Å². The van der Waals surface area contributed by atoms with E-state index in [-0.39, 0.29) is 11.2 Å². The summed E-state index contributed by atoms with van der Waals surface area (Å²) in [5, 5.41) is 4.44. The number of nitrogens with zero attached hydrogens (tertiary/aromatic N) is 2. The van der Waals surface area contributed by atoms with Crippen LogP contribution >= 0.6 is 15.9 Å². The Morgan fingerprint density at radius 1 is 1.22 bits per heavy atom. The number of aromatic nitrogens is 2. The topological polar surface area (TPSA) is 45.5 Å². The van der Waals surface area contributed by atoms with Crippen molar-refractivity contribution in [2.75, 3.05) is 6.61 Å². The molecule has 1 aliphatic heterocycles. The summed E-state index contributed by atoms with van der Waals surface area (Å²) in [6.45, 7) is 16.4. The lowest BCUT2D eigenvalue weighted by Gasteiger charge is -2.32. The van der Waals surface area contributed by atoms with Gasteiger partial charge in [-0.05, 0) is 49.7 Å². The van der Waals surface area contributed by atoms with Crippen LogP contribution in [0.2, 0.25) is 25.7 Å². The second-order valence-electron chi connectivity index (χ2n) is 8.35. The highest BCUT2D eigenvalue weighted by molar-refractivity contribution is 9.10. The minimum atomic E-state index is -1.06. The Morgan fingerprint density at radius 2 is 1.78 bits per heavy atom. The molecule has 0 bridgehead atoms. The van der Waals surface area contributed by atoms with E-state index in [0.717, 1.165) is 22.7 Å². The summed E-state index contributed by atoms with van der Waals surface area (Å²) in [5.41, 5.74) is 0.192. The molecule has 0 amide bonds. The van der Waals surface area contributed by atoms with Gasteiger partial charge < -0.3 is 14.0 Å². The average Bonchev–Trinajstić information content (AvgIpc) is 2.82. The molecule has 1 aromatic heterocycles. The second kappa shape index (κ2) is 6.63. The monoisotopic (exact) mass is 402 g/mol. The van der Waals surface area contributed by atoms with E-state index in [1.807, 2.05) is 33.9 Å². The van der Waals surface area contributed by atoms with E-state index in [4.69, 9.17) is 14.0 Å². The first-order chi connectivity index (χ1) is 10.4. The molecule has 0 unspecified atom stereocenters. The molecular weight excluding hydrogens is 375 g/mol. The zero-order valence-electron chi connectivity index (χ0n) is 15.3. The molecule has 0 aliphatic carbocycles. The Hall–Kier alpha value is -0.148. The zero-order valence-corrected chi connectivity index (χ0v) is 17.9. The van der Waals surface area contributed by atoms with Crippen molar-refractivity contribution in [2.24, 2.45) is 0 Å². The minimum absolute atomic E-state index is 0.354. The molecule has 0 radical (unpaired) electrons. The van der Waals surface area contributed by atoms with Crippen LogP contribution in [0.25, 0.3) is 0 Å². The van der Waals surface area contributed by atoms with Crippen LogP contribution in [0, 0.1) is 0 Å². The molecule has 0 N–H and O–H groups in total. The highest BCUT2D eigenvalue weighted by atomic mass is 79.9. The van der Waals surface area contributed by atoms with Gasteiger partial charge in [-0.2, -0.15) is 5.10 Å². The predicted molar refractivity (Wildman–Crippen MR) is 99.7 cm³/mol. The summed E-state index contributed by atoms with van der Waals surface area (Å²) in [4.78, 5) is 0. The molecule has 23 heavy (non-hydrogen) atoms. The third-order valence-corrected chi connectivity index (χ3v) is 6.79. The highest BCUT2D eigenvalue weighted by Crippen LogP contribution is 2.36. The molecule has 1 fully saturated rings. The van der Waals surface area contributed by atoms with Gasteiger partial charge in [0.25, 0.3) is 0 Å². The van der Waals surface area contributed by atoms with E-state index in [2.05, 4.69) is 40.7 Å². The first-order valence-corrected chi connectivity index (χ1v) is 12.6. The number of rotatable bonds is 6. The Kier molecular flexibility index (Phi) is 5.53. The SMILES string of the molecule is CC1(C)OB(c2cn(COCC[Si](C)(C)C)nc2Br)OC1(C)C. The number of hydrogen-bond acceptors (Lipinski definition) is 4. The lowest BCUT2D eigenvalue weighted by molar-refractivity contribution is 0.00578. The summed E-state index contributed by atoms with van der Waals surface area (Å²) in [7, 11) is -1.47. The molecule has 5 nitrogen and oxygen atoms in total. The van der Waals surface area contributed by atoms with Gasteiger partial charge in [0.1, 0.15) is 11.3 Å². The van der Waals surface area contributed by atoms with Crippen molar-refractivity contribution in [3.05, 3.63) is 10.8 Å². The van der Waals surface area contributed by atoms with Crippen molar-refractivity contribution in [3.8, 4) is 0 Å². The molecule has 8 heteroatoms. The maximum Gasteiger partial charge on any atom is 0.499 e. The van der Waals surface area contributed by atoms with Crippen molar-refractivity contribution in [3.63, 3.8) is 0 Å². The molecule has 0 spiro atoms. The molecule has 0 atom stereocenters. The first kappa shape index (κ1) is 19.2. The first-order valence-electron chi connectivity index (χ1n) is 8.07. The normalized spacial score (nSPS) is 20.3. The van der Waals surface area contributed by atoms with Crippen molar-refractivity contribution in [2.45, 2.75) is 71.3 Å². The van der Waals surface area contributed by atoms with Crippen LogP contribution in [-0.2, 0) is 20.8 Å².